The third-order valence-electron chi connectivity index (χ3n) is 3.33. The van der Waals surface area contributed by atoms with Crippen LogP contribution in [0.4, 0.5) is 4.39 Å². The molecule has 1 unspecified atom stereocenters. The summed E-state index contributed by atoms with van der Waals surface area (Å²) in [4.78, 5) is 12.1. The Morgan fingerprint density at radius 3 is 2.52 bits per heavy atom. The summed E-state index contributed by atoms with van der Waals surface area (Å²) in [6.07, 6.45) is 0. The topological polar surface area (TPSA) is 55.1 Å². The Kier molecular flexibility index (Phi) is 5.09. The Labute approximate surface area is 128 Å². The zero-order chi connectivity index (χ0) is 15.4. The molecule has 1 aromatic heterocycles. The Balaban J connectivity index is 2.06. The third-order valence-corrected chi connectivity index (χ3v) is 4.27. The summed E-state index contributed by atoms with van der Waals surface area (Å²) in [6.45, 7) is 4.88. The summed E-state index contributed by atoms with van der Waals surface area (Å²) in [5, 5.41) is 5.22. The van der Waals surface area contributed by atoms with Crippen LogP contribution in [0, 0.1) is 11.7 Å². The number of primary amides is 1. The van der Waals surface area contributed by atoms with Crippen LogP contribution in [0.2, 0.25) is 0 Å². The van der Waals surface area contributed by atoms with Crippen molar-refractivity contribution in [2.24, 2.45) is 11.7 Å². The van der Waals surface area contributed by atoms with Gasteiger partial charge in [0.15, 0.2) is 0 Å². The molecular formula is C16H19FN2OS. The van der Waals surface area contributed by atoms with Crippen LogP contribution in [0.15, 0.2) is 35.7 Å². The van der Waals surface area contributed by atoms with Crippen LogP contribution in [0.25, 0.3) is 0 Å². The Morgan fingerprint density at radius 2 is 2.00 bits per heavy atom. The average Bonchev–Trinajstić information content (AvgIpc) is 2.90. The van der Waals surface area contributed by atoms with Gasteiger partial charge in [-0.1, -0.05) is 26.0 Å². The molecule has 0 bridgehead atoms. The van der Waals surface area contributed by atoms with Crippen molar-refractivity contribution in [3.63, 3.8) is 0 Å². The van der Waals surface area contributed by atoms with Crippen molar-refractivity contribution in [2.45, 2.75) is 26.4 Å². The van der Waals surface area contributed by atoms with Crippen molar-refractivity contribution < 1.29 is 9.18 Å². The van der Waals surface area contributed by atoms with E-state index in [-0.39, 0.29) is 11.9 Å². The maximum absolute atomic E-state index is 13.0. The van der Waals surface area contributed by atoms with Crippen molar-refractivity contribution in [3.8, 4) is 0 Å². The minimum absolute atomic E-state index is 0.129. The van der Waals surface area contributed by atoms with E-state index in [1.165, 1.54) is 23.5 Å². The van der Waals surface area contributed by atoms with Crippen molar-refractivity contribution in [1.82, 2.24) is 5.32 Å². The molecule has 3 N–H and O–H groups in total. The highest BCUT2D eigenvalue weighted by Crippen LogP contribution is 2.23. The van der Waals surface area contributed by atoms with Crippen molar-refractivity contribution >= 4 is 17.2 Å². The average molecular weight is 306 g/mol. The molecule has 0 saturated heterocycles. The number of hydrogen-bond donors (Lipinski definition) is 2. The molecule has 1 amide bonds. The van der Waals surface area contributed by atoms with E-state index in [0.717, 1.165) is 10.4 Å². The minimum atomic E-state index is -0.406. The van der Waals surface area contributed by atoms with E-state index in [9.17, 15) is 9.18 Å². The molecule has 3 nitrogen and oxygen atoms in total. The van der Waals surface area contributed by atoms with Gasteiger partial charge >= 0.3 is 0 Å². The number of halogens is 1. The van der Waals surface area contributed by atoms with E-state index in [1.807, 2.05) is 6.07 Å². The van der Waals surface area contributed by atoms with Gasteiger partial charge in [-0.15, -0.1) is 11.3 Å². The largest absolute Gasteiger partial charge is 0.366 e. The molecule has 2 rings (SSSR count). The predicted molar refractivity (Wildman–Crippen MR) is 83.7 cm³/mol. The highest BCUT2D eigenvalue weighted by molar-refractivity contribution is 7.10. The van der Waals surface area contributed by atoms with Crippen LogP contribution in [-0.4, -0.2) is 5.91 Å². The zero-order valence-corrected chi connectivity index (χ0v) is 12.9. The van der Waals surface area contributed by atoms with Crippen molar-refractivity contribution in [3.05, 3.63) is 57.5 Å². The molecule has 5 heteroatoms. The summed E-state index contributed by atoms with van der Waals surface area (Å²) < 4.78 is 13.0. The second kappa shape index (κ2) is 6.83. The molecule has 0 spiro atoms. The van der Waals surface area contributed by atoms with Crippen LogP contribution in [0.1, 0.15) is 40.7 Å². The number of nitrogens with two attached hydrogens (primary N) is 1. The SMILES string of the molecule is CC(C)C(NCc1cc(C(N)=O)cs1)c1ccc(F)cc1. The lowest BCUT2D eigenvalue weighted by atomic mass is 9.96. The first-order valence-corrected chi connectivity index (χ1v) is 7.71. The number of rotatable bonds is 6. The van der Waals surface area contributed by atoms with Gasteiger partial charge in [0, 0.05) is 22.8 Å². The van der Waals surface area contributed by atoms with Gasteiger partial charge in [-0.25, -0.2) is 4.39 Å². The lowest BCUT2D eigenvalue weighted by Crippen LogP contribution is -2.25. The van der Waals surface area contributed by atoms with Crippen LogP contribution in [-0.2, 0) is 6.54 Å². The second-order valence-electron chi connectivity index (χ2n) is 5.32. The number of benzene rings is 1. The van der Waals surface area contributed by atoms with Crippen LogP contribution < -0.4 is 11.1 Å². The first kappa shape index (κ1) is 15.7. The lowest BCUT2D eigenvalue weighted by molar-refractivity contribution is 0.100. The molecule has 0 aliphatic heterocycles. The summed E-state index contributed by atoms with van der Waals surface area (Å²) in [5.74, 6) is -0.270. The normalized spacial score (nSPS) is 12.6. The van der Waals surface area contributed by atoms with Gasteiger partial charge in [-0.3, -0.25) is 4.79 Å². The quantitative estimate of drug-likeness (QED) is 0.858. The Hall–Kier alpha value is -1.72. The Bertz CT molecular complexity index is 607. The molecule has 0 aliphatic rings. The second-order valence-corrected chi connectivity index (χ2v) is 6.32. The van der Waals surface area contributed by atoms with Gasteiger partial charge in [-0.2, -0.15) is 0 Å². The maximum atomic E-state index is 13.0. The molecule has 0 aliphatic carbocycles. The smallest absolute Gasteiger partial charge is 0.249 e. The molecule has 2 aromatic rings. The predicted octanol–water partition coefficient (Wildman–Crippen LogP) is 3.47. The lowest BCUT2D eigenvalue weighted by Gasteiger charge is -2.22. The molecule has 0 fully saturated rings. The van der Waals surface area contributed by atoms with Crippen LogP contribution in [0.5, 0.6) is 0 Å². The number of carbonyl (C=O) groups is 1. The number of hydrogen-bond acceptors (Lipinski definition) is 3. The first-order valence-electron chi connectivity index (χ1n) is 6.83. The fourth-order valence-corrected chi connectivity index (χ4v) is 3.05. The molecule has 21 heavy (non-hydrogen) atoms. The van der Waals surface area contributed by atoms with Gasteiger partial charge < -0.3 is 11.1 Å². The van der Waals surface area contributed by atoms with Gasteiger partial charge in [0.2, 0.25) is 5.91 Å². The van der Waals surface area contributed by atoms with Crippen molar-refractivity contribution in [1.29, 1.82) is 0 Å². The van der Waals surface area contributed by atoms with Gasteiger partial charge in [0.1, 0.15) is 5.82 Å². The summed E-state index contributed by atoms with van der Waals surface area (Å²) >= 11 is 1.51. The first-order chi connectivity index (χ1) is 9.97. The minimum Gasteiger partial charge on any atom is -0.366 e. The zero-order valence-electron chi connectivity index (χ0n) is 12.1. The third kappa shape index (κ3) is 4.12. The molecule has 1 atom stereocenters. The standard InChI is InChI=1S/C16H19FN2OS/c1-10(2)15(11-3-5-13(17)6-4-11)19-8-14-7-12(9-21-14)16(18)20/h3-7,9-10,15,19H,8H2,1-2H3,(H2,18,20). The van der Waals surface area contributed by atoms with E-state index in [2.05, 4.69) is 19.2 Å². The van der Waals surface area contributed by atoms with E-state index >= 15 is 0 Å². The monoisotopic (exact) mass is 306 g/mol. The summed E-state index contributed by atoms with van der Waals surface area (Å²) in [7, 11) is 0. The van der Waals surface area contributed by atoms with Crippen LogP contribution in [0.3, 0.4) is 0 Å². The molecular weight excluding hydrogens is 287 g/mol. The fraction of sp³-hybridized carbons (Fsp3) is 0.312. The fourth-order valence-electron chi connectivity index (χ4n) is 2.22. The van der Waals surface area contributed by atoms with Gasteiger partial charge in [0.05, 0.1) is 5.56 Å². The number of carbonyl (C=O) groups excluding carboxylic acids is 1. The summed E-state index contributed by atoms with van der Waals surface area (Å²) in [6, 6.07) is 8.49. The number of amides is 1. The van der Waals surface area contributed by atoms with E-state index in [1.54, 1.807) is 17.5 Å². The highest BCUT2D eigenvalue weighted by atomic mass is 32.1. The highest BCUT2D eigenvalue weighted by Gasteiger charge is 2.16. The molecule has 1 aromatic carbocycles. The maximum Gasteiger partial charge on any atom is 0.249 e. The van der Waals surface area contributed by atoms with Gasteiger partial charge in [0.25, 0.3) is 0 Å². The van der Waals surface area contributed by atoms with E-state index in [4.69, 9.17) is 5.73 Å². The van der Waals surface area contributed by atoms with Crippen molar-refractivity contribution in [2.75, 3.05) is 0 Å². The van der Waals surface area contributed by atoms with Gasteiger partial charge in [-0.05, 0) is 29.7 Å². The number of nitrogens with one attached hydrogen (secondary N) is 1. The van der Waals surface area contributed by atoms with Crippen LogP contribution >= 0.6 is 11.3 Å². The molecule has 0 radical (unpaired) electrons. The molecule has 0 saturated carbocycles. The summed E-state index contributed by atoms with van der Waals surface area (Å²) in [5.41, 5.74) is 6.84. The van der Waals surface area contributed by atoms with E-state index < -0.39 is 5.91 Å². The Morgan fingerprint density at radius 1 is 1.33 bits per heavy atom. The number of thiophene rings is 1. The van der Waals surface area contributed by atoms with E-state index in [0.29, 0.717) is 18.0 Å². The molecule has 112 valence electrons. The molecule has 1 heterocycles.